The number of carbonyl (C=O) groups excluding carboxylic acids is 3. The Morgan fingerprint density at radius 2 is 1.46 bits per heavy atom. The van der Waals surface area contributed by atoms with E-state index in [9.17, 15) is 0 Å². The van der Waals surface area contributed by atoms with Crippen molar-refractivity contribution in [1.82, 2.24) is 0 Å². The standard InChI is InChI=1S/C6H7.3CO.Mn/c1-6-4-2-3-5-6;3*1-2;/h2-5H,1H3;;;;/q-1;;;;. The second kappa shape index (κ2) is 30.7. The van der Waals surface area contributed by atoms with Crippen LogP contribution in [-0.2, 0) is 31.5 Å². The van der Waals surface area contributed by atoms with Crippen molar-refractivity contribution in [2.24, 2.45) is 0 Å². The zero-order chi connectivity index (χ0) is 10.4. The minimum Gasteiger partial charge on any atom is -0.281 e. The van der Waals surface area contributed by atoms with Crippen LogP contribution in [0.5, 0.6) is 0 Å². The van der Waals surface area contributed by atoms with Gasteiger partial charge in [0, 0.05) is 17.1 Å². The van der Waals surface area contributed by atoms with E-state index in [2.05, 4.69) is 39.4 Å². The van der Waals surface area contributed by atoms with E-state index in [4.69, 9.17) is 14.4 Å². The summed E-state index contributed by atoms with van der Waals surface area (Å²) in [5, 5.41) is 0. The van der Waals surface area contributed by atoms with E-state index < -0.39 is 0 Å². The normalized spacial score (nSPS) is 5.00. The van der Waals surface area contributed by atoms with Crippen LogP contribution < -0.4 is 0 Å². The van der Waals surface area contributed by atoms with Gasteiger partial charge in [0.15, 0.2) is 0 Å². The third-order valence-electron chi connectivity index (χ3n) is 0.829. The van der Waals surface area contributed by atoms with Crippen molar-refractivity contribution in [3.63, 3.8) is 0 Å². The fraction of sp³-hybridized carbons (Fsp3) is 0.111. The maximum Gasteiger partial charge on any atom is 0.281 e. The van der Waals surface area contributed by atoms with Gasteiger partial charge >= 0.3 is 0 Å². The molecule has 69 valence electrons. The molecule has 0 atom stereocenters. The molecule has 4 heteroatoms. The summed E-state index contributed by atoms with van der Waals surface area (Å²) in [5.74, 6) is 0. The Hall–Kier alpha value is -1.12. The van der Waals surface area contributed by atoms with Gasteiger partial charge in [0.2, 0.25) is 0 Å². The maximum atomic E-state index is 7.50. The monoisotopic (exact) mass is 218 g/mol. The van der Waals surface area contributed by atoms with Crippen LogP contribution in [0.4, 0.5) is 0 Å². The molecule has 0 aromatic heterocycles. The van der Waals surface area contributed by atoms with E-state index in [0.717, 1.165) is 0 Å². The molecule has 0 saturated heterocycles. The first-order valence-corrected chi connectivity index (χ1v) is 2.69. The smallest absolute Gasteiger partial charge is 0.281 e. The summed E-state index contributed by atoms with van der Waals surface area (Å²) in [6.45, 7) is 15.6. The van der Waals surface area contributed by atoms with Crippen LogP contribution in [0.15, 0.2) is 24.3 Å². The molecule has 0 amide bonds. The molecule has 0 aliphatic rings. The average molecular weight is 218 g/mol. The predicted octanol–water partition coefficient (Wildman–Crippen LogP) is 0.520. The van der Waals surface area contributed by atoms with Crippen molar-refractivity contribution in [3.05, 3.63) is 29.8 Å². The van der Waals surface area contributed by atoms with Crippen LogP contribution in [0, 0.1) is 6.92 Å². The Morgan fingerprint density at radius 1 is 1.08 bits per heavy atom. The fourth-order valence-corrected chi connectivity index (χ4v) is 0.470. The first-order chi connectivity index (χ1) is 5.89. The molecule has 0 aliphatic heterocycles. The molecule has 0 bridgehead atoms. The Labute approximate surface area is 89.0 Å². The zero-order valence-electron chi connectivity index (χ0n) is 6.91. The van der Waals surface area contributed by atoms with Crippen LogP contribution in [0.2, 0.25) is 0 Å². The Bertz CT molecular complexity index is 147. The van der Waals surface area contributed by atoms with Crippen molar-refractivity contribution in [2.45, 2.75) is 6.92 Å². The predicted molar refractivity (Wildman–Crippen MR) is 43.9 cm³/mol. The molecule has 0 saturated carbocycles. The summed E-state index contributed by atoms with van der Waals surface area (Å²) in [6, 6.07) is 8.24. The SMILES string of the molecule is Cc1ccc[cH-]1.[C]=O.[C]=O.[C]=O.[Mn]. The molecule has 0 N–H and O–H groups in total. The zero-order valence-corrected chi connectivity index (χ0v) is 8.09. The molecule has 1 aromatic rings. The first kappa shape index (κ1) is 22.6. The van der Waals surface area contributed by atoms with Gasteiger partial charge in [-0.05, 0) is 0 Å². The molecule has 1 rings (SSSR count). The number of hydrogen-bond donors (Lipinski definition) is 0. The van der Waals surface area contributed by atoms with Crippen molar-refractivity contribution in [1.29, 1.82) is 0 Å². The summed E-state index contributed by atoms with van der Waals surface area (Å²) >= 11 is 0. The second-order valence-electron chi connectivity index (χ2n) is 1.46. The average Bonchev–Trinajstić information content (AvgIpc) is 2.66. The van der Waals surface area contributed by atoms with Gasteiger partial charge in [0.25, 0.3) is 20.4 Å². The summed E-state index contributed by atoms with van der Waals surface area (Å²) in [7, 11) is 0. The minimum atomic E-state index is 0. The van der Waals surface area contributed by atoms with E-state index in [0.29, 0.717) is 0 Å². The van der Waals surface area contributed by atoms with Crippen molar-refractivity contribution < 1.29 is 31.5 Å². The molecule has 1 aromatic carbocycles. The topological polar surface area (TPSA) is 51.2 Å². The van der Waals surface area contributed by atoms with Crippen LogP contribution >= 0.6 is 0 Å². The van der Waals surface area contributed by atoms with Gasteiger partial charge in [-0.25, -0.2) is 12.1 Å². The summed E-state index contributed by atoms with van der Waals surface area (Å²) < 4.78 is 0. The molecule has 0 spiro atoms. The van der Waals surface area contributed by atoms with Gasteiger partial charge in [0.05, 0.1) is 0 Å². The van der Waals surface area contributed by atoms with Crippen molar-refractivity contribution >= 4 is 20.4 Å². The van der Waals surface area contributed by atoms with Crippen LogP contribution in [-0.4, -0.2) is 20.4 Å². The minimum absolute atomic E-state index is 0. The molecule has 13 heavy (non-hydrogen) atoms. The Morgan fingerprint density at radius 3 is 1.54 bits per heavy atom. The maximum absolute atomic E-state index is 7.50. The first-order valence-electron chi connectivity index (χ1n) is 2.69. The van der Waals surface area contributed by atoms with Gasteiger partial charge < -0.3 is 0 Å². The second-order valence-corrected chi connectivity index (χ2v) is 1.46. The summed E-state index contributed by atoms with van der Waals surface area (Å²) in [4.78, 5) is 22.5. The Balaban J connectivity index is -0.0000000508. The Kier molecular flexibility index (Phi) is 53.5. The number of aryl methyl sites for hydroxylation is 1. The molecule has 3 nitrogen and oxygen atoms in total. The van der Waals surface area contributed by atoms with Crippen LogP contribution in [0.3, 0.4) is 0 Å². The molecular weight excluding hydrogens is 211 g/mol. The van der Waals surface area contributed by atoms with Gasteiger partial charge in [-0.2, -0.15) is 17.7 Å². The molecule has 7 radical (unpaired) electrons. The number of rotatable bonds is 0. The van der Waals surface area contributed by atoms with Gasteiger partial charge in [-0.1, -0.05) is 6.92 Å². The molecular formula is C9H7MnO3-. The third-order valence-corrected chi connectivity index (χ3v) is 0.829. The van der Waals surface area contributed by atoms with Gasteiger partial charge in [-0.3, -0.25) is 14.4 Å². The molecule has 0 heterocycles. The summed E-state index contributed by atoms with van der Waals surface area (Å²) in [6.07, 6.45) is 0. The van der Waals surface area contributed by atoms with Crippen molar-refractivity contribution in [2.75, 3.05) is 0 Å². The largest absolute Gasteiger partial charge is 0.281 e. The third kappa shape index (κ3) is 24.8. The number of hydrogen-bond acceptors (Lipinski definition) is 3. The molecule has 0 aliphatic carbocycles. The summed E-state index contributed by atoms with van der Waals surface area (Å²) in [5.41, 5.74) is 1.34. The fourth-order valence-electron chi connectivity index (χ4n) is 0.470. The van der Waals surface area contributed by atoms with Gasteiger partial charge in [0.1, 0.15) is 0 Å². The van der Waals surface area contributed by atoms with Crippen LogP contribution in [0.25, 0.3) is 0 Å². The van der Waals surface area contributed by atoms with Crippen LogP contribution in [0.1, 0.15) is 5.56 Å². The van der Waals surface area contributed by atoms with E-state index in [1.165, 1.54) is 5.56 Å². The van der Waals surface area contributed by atoms with E-state index >= 15 is 0 Å². The van der Waals surface area contributed by atoms with Crippen molar-refractivity contribution in [3.8, 4) is 0 Å². The molecule has 0 unspecified atom stereocenters. The quantitative estimate of drug-likeness (QED) is 0.471. The van der Waals surface area contributed by atoms with Gasteiger partial charge in [-0.15, -0.1) is 0 Å². The van der Waals surface area contributed by atoms with E-state index in [-0.39, 0.29) is 17.1 Å². The van der Waals surface area contributed by atoms with E-state index in [1.54, 1.807) is 0 Å². The van der Waals surface area contributed by atoms with E-state index in [1.807, 2.05) is 12.1 Å². The molecule has 0 fully saturated rings.